The van der Waals surface area contributed by atoms with Gasteiger partial charge in [-0.3, -0.25) is 5.32 Å². The summed E-state index contributed by atoms with van der Waals surface area (Å²) in [6, 6.07) is 2.58. The van der Waals surface area contributed by atoms with E-state index in [0.717, 1.165) is 37.8 Å². The Hall–Kier alpha value is -0.590. The fourth-order valence-corrected chi connectivity index (χ4v) is 3.72. The molecular formula is C16H29N3. The third kappa shape index (κ3) is 3.49. The molecule has 0 amide bonds. The monoisotopic (exact) mass is 263 g/mol. The summed E-state index contributed by atoms with van der Waals surface area (Å²) in [5, 5.41) is 13.0. The van der Waals surface area contributed by atoms with Crippen molar-refractivity contribution >= 4 is 0 Å². The number of nitriles is 1. The fraction of sp³-hybridized carbons (Fsp3) is 0.938. The topological polar surface area (TPSA) is 39.1 Å². The number of rotatable bonds is 7. The van der Waals surface area contributed by atoms with Crippen LogP contribution in [0.4, 0.5) is 0 Å². The van der Waals surface area contributed by atoms with E-state index in [1.165, 1.54) is 25.8 Å². The minimum absolute atomic E-state index is 0.234. The standard InChI is InChI=1S/C16H29N3/c1-4-18-16(12-17)8-5-6-15(16)7-9-19(3)11-14-10-13(14)2/h13-15,18H,4-11H2,1-3H3. The van der Waals surface area contributed by atoms with Gasteiger partial charge in [-0.1, -0.05) is 20.3 Å². The second-order valence-corrected chi connectivity index (χ2v) is 6.73. The van der Waals surface area contributed by atoms with Crippen LogP contribution >= 0.6 is 0 Å². The van der Waals surface area contributed by atoms with Crippen molar-refractivity contribution < 1.29 is 0 Å². The van der Waals surface area contributed by atoms with Gasteiger partial charge >= 0.3 is 0 Å². The second kappa shape index (κ2) is 6.24. The van der Waals surface area contributed by atoms with Crippen molar-refractivity contribution in [2.45, 2.75) is 51.5 Å². The molecule has 2 fully saturated rings. The Labute approximate surface area is 118 Å². The first kappa shape index (κ1) is 14.8. The Morgan fingerprint density at radius 2 is 2.21 bits per heavy atom. The Morgan fingerprint density at radius 1 is 1.47 bits per heavy atom. The van der Waals surface area contributed by atoms with Gasteiger partial charge in [-0.2, -0.15) is 5.26 Å². The van der Waals surface area contributed by atoms with E-state index < -0.39 is 0 Å². The molecule has 0 spiro atoms. The highest BCUT2D eigenvalue weighted by atomic mass is 15.1. The fourth-order valence-electron chi connectivity index (χ4n) is 3.72. The highest BCUT2D eigenvalue weighted by Gasteiger charge is 2.42. The van der Waals surface area contributed by atoms with Crippen molar-refractivity contribution in [1.82, 2.24) is 10.2 Å². The molecule has 0 bridgehead atoms. The molecule has 0 saturated heterocycles. The molecule has 2 rings (SSSR count). The number of hydrogen-bond acceptors (Lipinski definition) is 3. The van der Waals surface area contributed by atoms with E-state index in [1.54, 1.807) is 0 Å². The first-order valence-electron chi connectivity index (χ1n) is 7.96. The molecule has 0 heterocycles. The Bertz CT molecular complexity index is 335. The number of nitrogens with zero attached hydrogens (tertiary/aromatic N) is 2. The largest absolute Gasteiger partial charge is 0.306 e. The first-order chi connectivity index (χ1) is 9.11. The van der Waals surface area contributed by atoms with Gasteiger partial charge in [0.05, 0.1) is 6.07 Å². The molecule has 0 aliphatic heterocycles. The summed E-state index contributed by atoms with van der Waals surface area (Å²) >= 11 is 0. The average molecular weight is 263 g/mol. The molecule has 3 heteroatoms. The summed E-state index contributed by atoms with van der Waals surface area (Å²) in [7, 11) is 2.24. The number of nitrogens with one attached hydrogen (secondary N) is 1. The smallest absolute Gasteiger partial charge is 0.109 e. The van der Waals surface area contributed by atoms with Gasteiger partial charge in [-0.15, -0.1) is 0 Å². The lowest BCUT2D eigenvalue weighted by atomic mass is 9.85. The average Bonchev–Trinajstić information content (AvgIpc) is 2.91. The van der Waals surface area contributed by atoms with E-state index in [-0.39, 0.29) is 5.54 Å². The molecule has 108 valence electrons. The Morgan fingerprint density at radius 3 is 2.79 bits per heavy atom. The maximum absolute atomic E-state index is 9.55. The van der Waals surface area contributed by atoms with E-state index in [4.69, 9.17) is 0 Å². The molecule has 2 aliphatic carbocycles. The van der Waals surface area contributed by atoms with Gasteiger partial charge in [-0.05, 0) is 63.6 Å². The zero-order valence-electron chi connectivity index (χ0n) is 12.8. The quantitative estimate of drug-likeness (QED) is 0.767. The molecule has 2 aliphatic rings. The predicted octanol–water partition coefficient (Wildman–Crippen LogP) is 2.64. The van der Waals surface area contributed by atoms with Crippen molar-refractivity contribution in [3.05, 3.63) is 0 Å². The van der Waals surface area contributed by atoms with Crippen LogP contribution in [0.5, 0.6) is 0 Å². The molecule has 0 radical (unpaired) electrons. The molecule has 0 aromatic rings. The van der Waals surface area contributed by atoms with E-state index in [9.17, 15) is 5.26 Å². The second-order valence-electron chi connectivity index (χ2n) is 6.73. The van der Waals surface area contributed by atoms with Crippen molar-refractivity contribution in [2.75, 3.05) is 26.7 Å². The summed E-state index contributed by atoms with van der Waals surface area (Å²) in [6.07, 6.45) is 6.03. The van der Waals surface area contributed by atoms with Gasteiger partial charge < -0.3 is 4.90 Å². The lowest BCUT2D eigenvalue weighted by Gasteiger charge is -2.30. The highest BCUT2D eigenvalue weighted by molar-refractivity contribution is 5.14. The Kier molecular flexibility index (Phi) is 4.86. The highest BCUT2D eigenvalue weighted by Crippen LogP contribution is 2.39. The molecule has 4 atom stereocenters. The summed E-state index contributed by atoms with van der Waals surface area (Å²) in [5.41, 5.74) is -0.234. The molecule has 0 aromatic carbocycles. The SMILES string of the molecule is CCNC1(C#N)CCCC1CCN(C)CC1CC1C. The maximum atomic E-state index is 9.55. The zero-order valence-corrected chi connectivity index (χ0v) is 12.8. The van der Waals surface area contributed by atoms with Gasteiger partial charge in [0.1, 0.15) is 5.54 Å². The van der Waals surface area contributed by atoms with Crippen LogP contribution in [-0.2, 0) is 0 Å². The van der Waals surface area contributed by atoms with Gasteiger partial charge in [0, 0.05) is 6.54 Å². The van der Waals surface area contributed by atoms with Crippen LogP contribution < -0.4 is 5.32 Å². The van der Waals surface area contributed by atoms with E-state index in [0.29, 0.717) is 5.92 Å². The predicted molar refractivity (Wildman–Crippen MR) is 78.7 cm³/mol. The van der Waals surface area contributed by atoms with Gasteiger partial charge in [0.2, 0.25) is 0 Å². The first-order valence-corrected chi connectivity index (χ1v) is 7.96. The molecule has 19 heavy (non-hydrogen) atoms. The Balaban J connectivity index is 1.79. The van der Waals surface area contributed by atoms with Crippen LogP contribution in [0.1, 0.15) is 46.0 Å². The van der Waals surface area contributed by atoms with Gasteiger partial charge in [0.15, 0.2) is 0 Å². The molecule has 4 unspecified atom stereocenters. The van der Waals surface area contributed by atoms with E-state index >= 15 is 0 Å². The van der Waals surface area contributed by atoms with Crippen molar-refractivity contribution in [3.63, 3.8) is 0 Å². The molecule has 0 aromatic heterocycles. The third-order valence-corrected chi connectivity index (χ3v) is 5.19. The van der Waals surface area contributed by atoms with Gasteiger partial charge in [-0.25, -0.2) is 0 Å². The maximum Gasteiger partial charge on any atom is 0.109 e. The summed E-state index contributed by atoms with van der Waals surface area (Å²) < 4.78 is 0. The lowest BCUT2D eigenvalue weighted by Crippen LogP contribution is -2.47. The van der Waals surface area contributed by atoms with E-state index in [1.807, 2.05) is 0 Å². The number of hydrogen-bond donors (Lipinski definition) is 1. The van der Waals surface area contributed by atoms with Crippen LogP contribution in [0.2, 0.25) is 0 Å². The van der Waals surface area contributed by atoms with Crippen molar-refractivity contribution in [2.24, 2.45) is 17.8 Å². The van der Waals surface area contributed by atoms with Crippen molar-refractivity contribution in [1.29, 1.82) is 5.26 Å². The van der Waals surface area contributed by atoms with Crippen LogP contribution in [-0.4, -0.2) is 37.1 Å². The third-order valence-electron chi connectivity index (χ3n) is 5.19. The molecular weight excluding hydrogens is 234 g/mol. The van der Waals surface area contributed by atoms with Crippen LogP contribution in [0, 0.1) is 29.1 Å². The zero-order chi connectivity index (χ0) is 13.9. The molecule has 3 nitrogen and oxygen atoms in total. The summed E-state index contributed by atoms with van der Waals surface area (Å²) in [6.45, 7) is 7.74. The molecule has 2 saturated carbocycles. The van der Waals surface area contributed by atoms with Gasteiger partial charge in [0.25, 0.3) is 0 Å². The minimum atomic E-state index is -0.234. The molecule has 1 N–H and O–H groups in total. The van der Waals surface area contributed by atoms with Crippen LogP contribution in [0.3, 0.4) is 0 Å². The minimum Gasteiger partial charge on any atom is -0.306 e. The normalized spacial score (nSPS) is 37.5. The lowest BCUT2D eigenvalue weighted by molar-refractivity contribution is 0.245. The summed E-state index contributed by atoms with van der Waals surface area (Å²) in [4.78, 5) is 2.47. The van der Waals surface area contributed by atoms with Crippen molar-refractivity contribution in [3.8, 4) is 6.07 Å². The van der Waals surface area contributed by atoms with E-state index in [2.05, 4.69) is 37.2 Å². The summed E-state index contributed by atoms with van der Waals surface area (Å²) in [5.74, 6) is 2.41. The van der Waals surface area contributed by atoms with Crippen LogP contribution in [0.15, 0.2) is 0 Å². The van der Waals surface area contributed by atoms with Crippen LogP contribution in [0.25, 0.3) is 0 Å².